The standard InChI is InChI=1S/C18H22N3O5P/c1-2-12-8-14(9-15(12)26-27(23)24)25-17-10-16(19-11-20-17)21-18(22)13-6-4-3-5-7-13/h3-7,10-12,14-15,27H,2,8-9H2,1H3,(H,23,24)(H,19,20,21,22)/t12-,14+,15-/m0/s1. The molecule has 0 aliphatic heterocycles. The van der Waals surface area contributed by atoms with E-state index in [-0.39, 0.29) is 24.0 Å². The summed E-state index contributed by atoms with van der Waals surface area (Å²) in [5.41, 5.74) is 0.527. The van der Waals surface area contributed by atoms with Crippen molar-refractivity contribution >= 4 is 20.0 Å². The van der Waals surface area contributed by atoms with E-state index in [1.54, 1.807) is 30.3 Å². The molecule has 0 saturated heterocycles. The molecule has 1 saturated carbocycles. The Bertz CT molecular complexity index is 805. The van der Waals surface area contributed by atoms with Crippen LogP contribution in [-0.4, -0.2) is 33.0 Å². The zero-order chi connectivity index (χ0) is 19.2. The van der Waals surface area contributed by atoms with E-state index < -0.39 is 8.25 Å². The van der Waals surface area contributed by atoms with Crippen molar-refractivity contribution in [3.05, 3.63) is 48.3 Å². The van der Waals surface area contributed by atoms with Gasteiger partial charge in [-0.1, -0.05) is 31.5 Å². The Hall–Kier alpha value is -2.28. The maximum absolute atomic E-state index is 12.2. The Kier molecular flexibility index (Phi) is 6.55. The van der Waals surface area contributed by atoms with Crippen molar-refractivity contribution in [2.75, 3.05) is 5.32 Å². The zero-order valence-electron chi connectivity index (χ0n) is 14.9. The molecule has 1 amide bonds. The molecule has 0 spiro atoms. The first-order valence-corrected chi connectivity index (χ1v) is 10.1. The molecule has 3 rings (SSSR count). The molecule has 9 heteroatoms. The molecule has 8 nitrogen and oxygen atoms in total. The Morgan fingerprint density at radius 1 is 1.30 bits per heavy atom. The van der Waals surface area contributed by atoms with Crippen LogP contribution in [0.3, 0.4) is 0 Å². The van der Waals surface area contributed by atoms with Gasteiger partial charge in [-0.25, -0.2) is 9.97 Å². The Morgan fingerprint density at radius 3 is 2.78 bits per heavy atom. The fourth-order valence-electron chi connectivity index (χ4n) is 3.26. The fourth-order valence-corrected chi connectivity index (χ4v) is 3.81. The van der Waals surface area contributed by atoms with Crippen LogP contribution < -0.4 is 10.1 Å². The highest BCUT2D eigenvalue weighted by Crippen LogP contribution is 2.37. The van der Waals surface area contributed by atoms with Crippen LogP contribution in [-0.2, 0) is 9.09 Å². The summed E-state index contributed by atoms with van der Waals surface area (Å²) in [7, 11) is -2.98. The zero-order valence-corrected chi connectivity index (χ0v) is 15.9. The minimum absolute atomic E-state index is 0.162. The van der Waals surface area contributed by atoms with Crippen LogP contribution in [0.2, 0.25) is 0 Å². The molecule has 2 aromatic rings. The van der Waals surface area contributed by atoms with Crippen LogP contribution in [0.15, 0.2) is 42.7 Å². The number of carbonyl (C=O) groups is 1. The van der Waals surface area contributed by atoms with E-state index in [0.717, 1.165) is 6.42 Å². The Labute approximate surface area is 157 Å². The van der Waals surface area contributed by atoms with Gasteiger partial charge in [0.1, 0.15) is 18.2 Å². The molecule has 1 unspecified atom stereocenters. The van der Waals surface area contributed by atoms with E-state index >= 15 is 0 Å². The lowest BCUT2D eigenvalue weighted by Gasteiger charge is -2.15. The van der Waals surface area contributed by atoms with Crippen molar-refractivity contribution < 1.29 is 23.5 Å². The molecule has 0 bridgehead atoms. The van der Waals surface area contributed by atoms with Gasteiger partial charge in [0, 0.05) is 18.1 Å². The van der Waals surface area contributed by atoms with Gasteiger partial charge in [-0.3, -0.25) is 9.36 Å². The van der Waals surface area contributed by atoms with E-state index in [9.17, 15) is 9.36 Å². The van der Waals surface area contributed by atoms with Crippen molar-refractivity contribution in [3.63, 3.8) is 0 Å². The van der Waals surface area contributed by atoms with Gasteiger partial charge in [0.05, 0.1) is 6.10 Å². The summed E-state index contributed by atoms with van der Waals surface area (Å²) in [6.07, 6.45) is 2.92. The second-order valence-electron chi connectivity index (χ2n) is 6.36. The average molecular weight is 391 g/mol. The lowest BCUT2D eigenvalue weighted by Crippen LogP contribution is -2.16. The second kappa shape index (κ2) is 9.08. The highest BCUT2D eigenvalue weighted by atomic mass is 31.1. The van der Waals surface area contributed by atoms with Gasteiger partial charge >= 0.3 is 8.25 Å². The number of nitrogens with one attached hydrogen (secondary N) is 1. The van der Waals surface area contributed by atoms with Gasteiger partial charge in [0.25, 0.3) is 5.91 Å². The number of hydrogen-bond acceptors (Lipinski definition) is 6. The lowest BCUT2D eigenvalue weighted by atomic mass is 10.0. The topological polar surface area (TPSA) is 111 Å². The molecular weight excluding hydrogens is 369 g/mol. The van der Waals surface area contributed by atoms with Gasteiger partial charge in [-0.05, 0) is 24.5 Å². The Balaban J connectivity index is 1.62. The lowest BCUT2D eigenvalue weighted by molar-refractivity contribution is 0.102. The van der Waals surface area contributed by atoms with E-state index in [4.69, 9.17) is 14.2 Å². The van der Waals surface area contributed by atoms with Crippen LogP contribution in [0.5, 0.6) is 5.88 Å². The van der Waals surface area contributed by atoms with Crippen LogP contribution in [0.1, 0.15) is 36.5 Å². The molecule has 144 valence electrons. The summed E-state index contributed by atoms with van der Waals surface area (Å²) >= 11 is 0. The van der Waals surface area contributed by atoms with E-state index in [2.05, 4.69) is 15.3 Å². The molecule has 1 aromatic heterocycles. The van der Waals surface area contributed by atoms with E-state index in [0.29, 0.717) is 30.1 Å². The van der Waals surface area contributed by atoms with Crippen LogP contribution in [0, 0.1) is 5.92 Å². The number of anilines is 1. The largest absolute Gasteiger partial charge is 0.474 e. The van der Waals surface area contributed by atoms with Crippen molar-refractivity contribution in [2.45, 2.75) is 38.4 Å². The third-order valence-electron chi connectivity index (χ3n) is 4.57. The number of ether oxygens (including phenoxy) is 1. The third-order valence-corrected chi connectivity index (χ3v) is 5.07. The Morgan fingerprint density at radius 2 is 2.07 bits per heavy atom. The fraction of sp³-hybridized carbons (Fsp3) is 0.389. The van der Waals surface area contributed by atoms with Crippen molar-refractivity contribution in [1.29, 1.82) is 0 Å². The minimum Gasteiger partial charge on any atom is -0.474 e. The summed E-state index contributed by atoms with van der Waals surface area (Å²) < 4.78 is 22.0. The van der Waals surface area contributed by atoms with Crippen molar-refractivity contribution in [1.82, 2.24) is 9.97 Å². The number of benzene rings is 1. The number of rotatable bonds is 7. The molecular formula is C18H22N3O5P. The number of carbonyl (C=O) groups excluding carboxylic acids is 1. The summed E-state index contributed by atoms with van der Waals surface area (Å²) in [6.45, 7) is 2.01. The van der Waals surface area contributed by atoms with Gasteiger partial charge in [0.2, 0.25) is 5.88 Å². The number of nitrogens with zero attached hydrogens (tertiary/aromatic N) is 2. The highest BCUT2D eigenvalue weighted by molar-refractivity contribution is 7.32. The smallest absolute Gasteiger partial charge is 0.316 e. The minimum atomic E-state index is -2.98. The predicted octanol–water partition coefficient (Wildman–Crippen LogP) is 3.06. The second-order valence-corrected chi connectivity index (χ2v) is 7.13. The van der Waals surface area contributed by atoms with Crippen molar-refractivity contribution in [2.24, 2.45) is 5.92 Å². The first kappa shape index (κ1) is 19.5. The highest BCUT2D eigenvalue weighted by Gasteiger charge is 2.36. The molecule has 4 atom stereocenters. The third kappa shape index (κ3) is 5.35. The van der Waals surface area contributed by atoms with E-state index in [1.807, 2.05) is 13.0 Å². The van der Waals surface area contributed by atoms with Gasteiger partial charge in [0.15, 0.2) is 0 Å². The average Bonchev–Trinajstić information content (AvgIpc) is 3.03. The maximum Gasteiger partial charge on any atom is 0.316 e. The maximum atomic E-state index is 12.2. The number of aromatic nitrogens is 2. The molecule has 0 radical (unpaired) electrons. The summed E-state index contributed by atoms with van der Waals surface area (Å²) in [5.74, 6) is 0.571. The molecule has 2 N–H and O–H groups in total. The van der Waals surface area contributed by atoms with E-state index in [1.165, 1.54) is 6.33 Å². The molecule has 27 heavy (non-hydrogen) atoms. The summed E-state index contributed by atoms with van der Waals surface area (Å²) in [4.78, 5) is 29.4. The molecule has 1 heterocycles. The first-order valence-electron chi connectivity index (χ1n) is 8.79. The SMILES string of the molecule is CC[C@H]1C[C@@H](Oc2cc(NC(=O)c3ccccc3)ncn2)C[C@@H]1O[PH](=O)O. The van der Waals surface area contributed by atoms with Crippen molar-refractivity contribution in [3.8, 4) is 5.88 Å². The first-order chi connectivity index (χ1) is 13.0. The van der Waals surface area contributed by atoms with Crippen LogP contribution in [0.25, 0.3) is 0 Å². The van der Waals surface area contributed by atoms with Crippen LogP contribution >= 0.6 is 8.25 Å². The molecule has 1 aromatic carbocycles. The van der Waals surface area contributed by atoms with Gasteiger partial charge < -0.3 is 19.5 Å². The number of amides is 1. The van der Waals surface area contributed by atoms with Crippen LogP contribution in [0.4, 0.5) is 5.82 Å². The van der Waals surface area contributed by atoms with Gasteiger partial charge in [-0.15, -0.1) is 0 Å². The van der Waals surface area contributed by atoms with Gasteiger partial charge in [-0.2, -0.15) is 0 Å². The predicted molar refractivity (Wildman–Crippen MR) is 100.0 cm³/mol. The summed E-state index contributed by atoms with van der Waals surface area (Å²) in [6, 6.07) is 10.4. The quantitative estimate of drug-likeness (QED) is 0.698. The molecule has 1 aliphatic rings. The summed E-state index contributed by atoms with van der Waals surface area (Å²) in [5, 5.41) is 2.71. The molecule has 1 aliphatic carbocycles. The monoisotopic (exact) mass is 391 g/mol. The normalized spacial score (nSPS) is 23.0. The molecule has 1 fully saturated rings. The number of hydrogen-bond donors (Lipinski definition) is 2.